The number of ketones is 1. The highest BCUT2D eigenvalue weighted by Crippen LogP contribution is 2.30. The maximum Gasteiger partial charge on any atom is 0.276 e. The number of nitrogens with zero attached hydrogens (tertiary/aromatic N) is 6. The van der Waals surface area contributed by atoms with Gasteiger partial charge in [0.05, 0.1) is 27.0 Å². The number of benzene rings is 2. The van der Waals surface area contributed by atoms with Gasteiger partial charge in [-0.05, 0) is 44.2 Å². The minimum Gasteiger partial charge on any atom is -0.367 e. The molecule has 2 heterocycles. The zero-order valence-electron chi connectivity index (χ0n) is 18.1. The van der Waals surface area contributed by atoms with Crippen molar-refractivity contribution in [1.82, 2.24) is 19.9 Å². The topological polar surface area (TPSA) is 114 Å². The average Bonchev–Trinajstić information content (AvgIpc) is 3.19. The lowest BCUT2D eigenvalue weighted by molar-refractivity contribution is -0.384. The lowest BCUT2D eigenvalue weighted by atomic mass is 10.1. The van der Waals surface area contributed by atoms with E-state index in [0.29, 0.717) is 53.8 Å². The molecule has 1 amide bonds. The quantitative estimate of drug-likeness (QED) is 0.320. The fraction of sp³-hybridized carbons (Fsp3) is 0.273. The number of halogens is 1. The SMILES string of the molecule is CC(=O)c1ccc(-n2nnc(C(=O)N3CCN(c4ccc([N+](=O)[O-])cc4Cl)CC3)c2C)cc1. The second kappa shape index (κ2) is 8.99. The molecule has 1 saturated heterocycles. The summed E-state index contributed by atoms with van der Waals surface area (Å²) in [5.74, 6) is -0.240. The van der Waals surface area contributed by atoms with Gasteiger partial charge in [-0.1, -0.05) is 16.8 Å². The first kappa shape index (κ1) is 22.4. The highest BCUT2D eigenvalue weighted by molar-refractivity contribution is 6.33. The molecule has 170 valence electrons. The largest absolute Gasteiger partial charge is 0.367 e. The number of nitro groups is 1. The van der Waals surface area contributed by atoms with Gasteiger partial charge in [0, 0.05) is 43.9 Å². The summed E-state index contributed by atoms with van der Waals surface area (Å²) in [6, 6.07) is 11.3. The number of anilines is 1. The van der Waals surface area contributed by atoms with E-state index in [-0.39, 0.29) is 23.1 Å². The van der Waals surface area contributed by atoms with Gasteiger partial charge in [0.2, 0.25) is 0 Å². The summed E-state index contributed by atoms with van der Waals surface area (Å²) in [4.78, 5) is 38.7. The lowest BCUT2D eigenvalue weighted by Crippen LogP contribution is -2.49. The van der Waals surface area contributed by atoms with E-state index in [0.717, 1.165) is 0 Å². The molecule has 1 aromatic heterocycles. The molecule has 0 N–H and O–H groups in total. The third-order valence-corrected chi connectivity index (χ3v) is 5.97. The number of piperazine rings is 1. The van der Waals surface area contributed by atoms with Crippen LogP contribution in [-0.4, -0.2) is 62.7 Å². The predicted octanol–water partition coefficient (Wildman–Crippen LogP) is 3.30. The van der Waals surface area contributed by atoms with E-state index in [1.165, 1.54) is 19.1 Å². The van der Waals surface area contributed by atoms with Crippen LogP contribution in [0.2, 0.25) is 5.02 Å². The molecule has 11 heteroatoms. The van der Waals surface area contributed by atoms with Gasteiger partial charge in [0.25, 0.3) is 11.6 Å². The Morgan fingerprint density at radius 3 is 2.30 bits per heavy atom. The molecular formula is C22H21ClN6O4. The summed E-state index contributed by atoms with van der Waals surface area (Å²) in [7, 11) is 0. The van der Waals surface area contributed by atoms with Crippen molar-refractivity contribution in [3.05, 3.63) is 74.6 Å². The van der Waals surface area contributed by atoms with Crippen LogP contribution in [0, 0.1) is 17.0 Å². The fourth-order valence-corrected chi connectivity index (χ4v) is 4.07. The van der Waals surface area contributed by atoms with Crippen molar-refractivity contribution < 1.29 is 14.5 Å². The van der Waals surface area contributed by atoms with E-state index in [4.69, 9.17) is 11.6 Å². The molecule has 0 atom stereocenters. The van der Waals surface area contributed by atoms with Gasteiger partial charge < -0.3 is 9.80 Å². The maximum atomic E-state index is 13.1. The third kappa shape index (κ3) is 4.42. The maximum absolute atomic E-state index is 13.1. The summed E-state index contributed by atoms with van der Waals surface area (Å²) in [5.41, 5.74) is 2.82. The Balaban J connectivity index is 1.45. The minimum absolute atomic E-state index is 0.0260. The van der Waals surface area contributed by atoms with Crippen molar-refractivity contribution in [2.24, 2.45) is 0 Å². The number of hydrogen-bond donors (Lipinski definition) is 0. The molecule has 1 fully saturated rings. The fourth-order valence-electron chi connectivity index (χ4n) is 3.78. The van der Waals surface area contributed by atoms with Gasteiger partial charge >= 0.3 is 0 Å². The van der Waals surface area contributed by atoms with E-state index >= 15 is 0 Å². The van der Waals surface area contributed by atoms with Crippen LogP contribution in [0.25, 0.3) is 5.69 Å². The zero-order chi connectivity index (χ0) is 23.7. The van der Waals surface area contributed by atoms with Crippen LogP contribution in [0.3, 0.4) is 0 Å². The van der Waals surface area contributed by atoms with Crippen LogP contribution < -0.4 is 4.90 Å². The Bertz CT molecular complexity index is 1230. The Hall–Kier alpha value is -3.79. The molecule has 2 aromatic carbocycles. The van der Waals surface area contributed by atoms with Crippen molar-refractivity contribution in [3.8, 4) is 5.69 Å². The molecule has 10 nitrogen and oxygen atoms in total. The highest BCUT2D eigenvalue weighted by atomic mass is 35.5. The first-order valence-corrected chi connectivity index (χ1v) is 10.7. The molecule has 1 aliphatic rings. The second-order valence-electron chi connectivity index (χ2n) is 7.71. The van der Waals surface area contributed by atoms with E-state index in [1.54, 1.807) is 46.8 Å². The van der Waals surface area contributed by atoms with Crippen LogP contribution in [0.5, 0.6) is 0 Å². The zero-order valence-corrected chi connectivity index (χ0v) is 18.8. The molecule has 0 unspecified atom stereocenters. The number of amides is 1. The van der Waals surface area contributed by atoms with Crippen LogP contribution in [0.1, 0.15) is 33.5 Å². The molecule has 4 rings (SSSR count). The molecule has 1 aliphatic heterocycles. The molecule has 0 spiro atoms. The third-order valence-electron chi connectivity index (χ3n) is 5.67. The molecule has 3 aromatic rings. The highest BCUT2D eigenvalue weighted by Gasteiger charge is 2.27. The van der Waals surface area contributed by atoms with Crippen molar-refractivity contribution >= 4 is 34.7 Å². The van der Waals surface area contributed by atoms with Gasteiger partial charge in [0.15, 0.2) is 11.5 Å². The van der Waals surface area contributed by atoms with Gasteiger partial charge in [0.1, 0.15) is 0 Å². The lowest BCUT2D eigenvalue weighted by Gasteiger charge is -2.36. The minimum atomic E-state index is -0.487. The number of hydrogen-bond acceptors (Lipinski definition) is 7. The summed E-state index contributed by atoms with van der Waals surface area (Å²) in [6.07, 6.45) is 0. The Morgan fingerprint density at radius 1 is 1.06 bits per heavy atom. The molecule has 0 aliphatic carbocycles. The van der Waals surface area contributed by atoms with Crippen molar-refractivity contribution in [2.75, 3.05) is 31.1 Å². The van der Waals surface area contributed by atoms with Crippen molar-refractivity contribution in [2.45, 2.75) is 13.8 Å². The molecule has 0 radical (unpaired) electrons. The predicted molar refractivity (Wildman–Crippen MR) is 122 cm³/mol. The van der Waals surface area contributed by atoms with Crippen LogP contribution in [-0.2, 0) is 0 Å². The Labute approximate surface area is 194 Å². The number of nitro benzene ring substituents is 1. The summed E-state index contributed by atoms with van der Waals surface area (Å²) in [6.45, 7) is 5.24. The first-order valence-electron chi connectivity index (χ1n) is 10.3. The molecule has 0 saturated carbocycles. The molecule has 33 heavy (non-hydrogen) atoms. The standard InChI is InChI=1S/C22H21ClN6O4/c1-14-21(24-25-28(14)17-5-3-16(4-6-17)15(2)30)22(31)27-11-9-26(10-12-27)20-8-7-18(29(32)33)13-19(20)23/h3-8,13H,9-12H2,1-2H3. The molecular weight excluding hydrogens is 448 g/mol. The van der Waals surface area contributed by atoms with Gasteiger partial charge in [-0.2, -0.15) is 0 Å². The smallest absolute Gasteiger partial charge is 0.276 e. The second-order valence-corrected chi connectivity index (χ2v) is 8.12. The number of Topliss-reactive ketones (excluding diaryl/α,β-unsaturated/α-hetero) is 1. The van der Waals surface area contributed by atoms with Crippen molar-refractivity contribution in [3.63, 3.8) is 0 Å². The van der Waals surface area contributed by atoms with Gasteiger partial charge in [-0.3, -0.25) is 19.7 Å². The van der Waals surface area contributed by atoms with Crippen molar-refractivity contribution in [1.29, 1.82) is 0 Å². The van der Waals surface area contributed by atoms with E-state index in [1.807, 2.05) is 4.90 Å². The van der Waals surface area contributed by atoms with Gasteiger partial charge in [-0.25, -0.2) is 4.68 Å². The first-order chi connectivity index (χ1) is 15.8. The summed E-state index contributed by atoms with van der Waals surface area (Å²) in [5, 5.41) is 19.4. The Morgan fingerprint density at radius 2 is 1.73 bits per heavy atom. The van der Waals surface area contributed by atoms with E-state index in [2.05, 4.69) is 10.3 Å². The number of rotatable bonds is 5. The number of carbonyl (C=O) groups excluding carboxylic acids is 2. The average molecular weight is 469 g/mol. The van der Waals surface area contributed by atoms with Crippen LogP contribution >= 0.6 is 11.6 Å². The van der Waals surface area contributed by atoms with Crippen LogP contribution in [0.4, 0.5) is 11.4 Å². The van der Waals surface area contributed by atoms with E-state index < -0.39 is 4.92 Å². The van der Waals surface area contributed by atoms with Gasteiger partial charge in [-0.15, -0.1) is 5.10 Å². The molecule has 0 bridgehead atoms. The normalized spacial score (nSPS) is 13.8. The number of carbonyl (C=O) groups is 2. The number of aromatic nitrogens is 3. The van der Waals surface area contributed by atoms with E-state index in [9.17, 15) is 19.7 Å². The number of non-ortho nitro benzene ring substituents is 1. The Kier molecular flexibility index (Phi) is 6.10. The summed E-state index contributed by atoms with van der Waals surface area (Å²) < 4.78 is 1.57. The monoisotopic (exact) mass is 468 g/mol. The summed E-state index contributed by atoms with van der Waals surface area (Å²) >= 11 is 6.24. The van der Waals surface area contributed by atoms with Crippen LogP contribution in [0.15, 0.2) is 42.5 Å².